The maximum absolute atomic E-state index is 12.5. The Kier molecular flexibility index (Phi) is 12.6. The van der Waals surface area contributed by atoms with Gasteiger partial charge in [-0.2, -0.15) is 0 Å². The summed E-state index contributed by atoms with van der Waals surface area (Å²) in [5.41, 5.74) is 14.5. The van der Waals surface area contributed by atoms with Gasteiger partial charge in [-0.3, -0.25) is 15.1 Å². The molecule has 3 aromatic rings. The second-order valence-electron chi connectivity index (χ2n) is 14.6. The largest absolute Gasteiger partial charge is 0.504 e. The molecule has 52 heavy (non-hydrogen) atoms. The molecule has 6 N–H and O–H groups in total. The van der Waals surface area contributed by atoms with Crippen LogP contribution in [0.1, 0.15) is 93.1 Å². The molecule has 1 saturated carbocycles. The second-order valence-corrected chi connectivity index (χ2v) is 14.6. The summed E-state index contributed by atoms with van der Waals surface area (Å²) in [5, 5.41) is 34.2. The number of ether oxygens (including phenoxy) is 1. The summed E-state index contributed by atoms with van der Waals surface area (Å²) >= 11 is 0. The van der Waals surface area contributed by atoms with E-state index in [2.05, 4.69) is 71.1 Å². The number of aliphatic hydroxyl groups excluding tert-OH is 2. The van der Waals surface area contributed by atoms with Crippen molar-refractivity contribution in [1.82, 2.24) is 10.2 Å². The van der Waals surface area contributed by atoms with E-state index in [1.807, 2.05) is 13.0 Å². The highest BCUT2D eigenvalue weighted by molar-refractivity contribution is 6.10. The van der Waals surface area contributed by atoms with Crippen molar-refractivity contribution in [3.63, 3.8) is 0 Å². The van der Waals surface area contributed by atoms with Crippen LogP contribution in [0.15, 0.2) is 101 Å². The number of carbonyl (C=O) groups is 1. The number of Topliss-reactive ketones (excluding diaryl/α,β-unsaturated/α-hetero) is 1. The zero-order valence-corrected chi connectivity index (χ0v) is 30.3. The summed E-state index contributed by atoms with van der Waals surface area (Å²) in [6.07, 6.45) is 10.3. The van der Waals surface area contributed by atoms with Crippen LogP contribution in [0.4, 0.5) is 0 Å². The number of aliphatic imine (C=N–C) groups is 1. The highest BCUT2D eigenvalue weighted by atomic mass is 16.5. The Bertz CT molecular complexity index is 1760. The van der Waals surface area contributed by atoms with E-state index in [-0.39, 0.29) is 49.1 Å². The molecule has 0 amide bonds. The molecule has 3 aromatic carbocycles. The Morgan fingerprint density at radius 1 is 1.00 bits per heavy atom. The van der Waals surface area contributed by atoms with Crippen molar-refractivity contribution < 1.29 is 24.9 Å². The van der Waals surface area contributed by atoms with Crippen LogP contribution in [0, 0.1) is 0 Å². The lowest BCUT2D eigenvalue weighted by Crippen LogP contribution is -2.31. The minimum Gasteiger partial charge on any atom is -0.504 e. The van der Waals surface area contributed by atoms with Gasteiger partial charge < -0.3 is 30.7 Å². The molecule has 1 fully saturated rings. The first-order valence-electron chi connectivity index (χ1n) is 18.9. The van der Waals surface area contributed by atoms with Gasteiger partial charge in [0.15, 0.2) is 18.2 Å². The summed E-state index contributed by atoms with van der Waals surface area (Å²) in [7, 11) is 0. The number of phenolic OH excluding ortho intramolecular Hbond substituents is 1. The van der Waals surface area contributed by atoms with Gasteiger partial charge in [-0.15, -0.1) is 0 Å². The summed E-state index contributed by atoms with van der Waals surface area (Å²) < 4.78 is 6.12. The number of aromatic hydroxyl groups is 1. The lowest BCUT2D eigenvalue weighted by Gasteiger charge is -2.32. The summed E-state index contributed by atoms with van der Waals surface area (Å²) in [4.78, 5) is 19.5. The zero-order valence-electron chi connectivity index (χ0n) is 30.3. The Morgan fingerprint density at radius 3 is 2.60 bits per heavy atom. The molecule has 0 aromatic heterocycles. The van der Waals surface area contributed by atoms with Gasteiger partial charge in [0.1, 0.15) is 5.78 Å². The molecule has 9 heteroatoms. The van der Waals surface area contributed by atoms with Gasteiger partial charge in [0.25, 0.3) is 0 Å². The minimum atomic E-state index is -0.841. The van der Waals surface area contributed by atoms with E-state index < -0.39 is 12.2 Å². The molecule has 3 unspecified atom stereocenters. The predicted molar refractivity (Wildman–Crippen MR) is 205 cm³/mol. The van der Waals surface area contributed by atoms with Crippen molar-refractivity contribution in [2.45, 2.75) is 101 Å². The average molecular weight is 707 g/mol. The average Bonchev–Trinajstić information content (AvgIpc) is 3.89. The van der Waals surface area contributed by atoms with E-state index in [0.29, 0.717) is 25.1 Å². The number of carbonyl (C=O) groups excluding carboxylic acids is 1. The van der Waals surface area contributed by atoms with Crippen molar-refractivity contribution >= 4 is 11.5 Å². The Labute approximate surface area is 307 Å². The van der Waals surface area contributed by atoms with Gasteiger partial charge in [0.2, 0.25) is 0 Å². The quantitative estimate of drug-likeness (QED) is 0.0907. The van der Waals surface area contributed by atoms with Gasteiger partial charge in [0.05, 0.1) is 30.6 Å². The molecule has 2 heterocycles. The van der Waals surface area contributed by atoms with Crippen molar-refractivity contribution in [3.8, 4) is 11.5 Å². The number of rotatable bonds is 19. The fourth-order valence-electron chi connectivity index (χ4n) is 7.93. The maximum Gasteiger partial charge on any atom is 0.163 e. The number of hydrogen-bond acceptors (Lipinski definition) is 9. The highest BCUT2D eigenvalue weighted by Crippen LogP contribution is 2.51. The van der Waals surface area contributed by atoms with Gasteiger partial charge in [-0.25, -0.2) is 0 Å². The standard InChI is InChI=1S/C43H54N4O5/c1-2-9-34(48)24-36(50)25-35(49)16-14-31-15-17-40(51)41(22-31)52-29-47-27-37-38(26-46-39(37)28-47)43(19-6-7-20-43)33-13-8-12-32(23-33)42(44)45-21-18-30-10-4-3-5-11-30/h3-5,8,10-13,15,17,22-23,26-27,34,36,42,45,48,50-51H,2,6-7,9,14,16,18-21,24-25,28-29,44H2,1H3. The van der Waals surface area contributed by atoms with Crippen molar-refractivity contribution in [1.29, 1.82) is 0 Å². The SMILES string of the molecule is CCCC(O)CC(O)CC(=O)CCc1ccc(O)c(OCN2C=C3C(C4(c5cccc(C(N)NCCc6ccccc6)c5)CCCC4)=CN=C3C2)c1. The number of ketones is 1. The highest BCUT2D eigenvalue weighted by Gasteiger charge is 2.44. The number of benzene rings is 3. The van der Waals surface area contributed by atoms with E-state index in [1.54, 1.807) is 18.2 Å². The van der Waals surface area contributed by atoms with Crippen LogP contribution in [0.3, 0.4) is 0 Å². The second kappa shape index (κ2) is 17.5. The molecule has 1 aliphatic carbocycles. The molecule has 276 valence electrons. The Balaban J connectivity index is 1.06. The first-order valence-corrected chi connectivity index (χ1v) is 18.9. The van der Waals surface area contributed by atoms with Crippen molar-refractivity contribution in [2.75, 3.05) is 19.8 Å². The van der Waals surface area contributed by atoms with E-state index in [1.165, 1.54) is 16.7 Å². The number of allylic oxidation sites excluding steroid dienone is 1. The Hall–Kier alpha value is -4.28. The number of phenols is 1. The van der Waals surface area contributed by atoms with Crippen LogP contribution in [0.25, 0.3) is 0 Å². The van der Waals surface area contributed by atoms with Crippen LogP contribution in [-0.2, 0) is 23.1 Å². The molecule has 3 aliphatic rings. The van der Waals surface area contributed by atoms with Crippen LogP contribution in [-0.4, -0.2) is 63.7 Å². The zero-order chi connectivity index (χ0) is 36.5. The summed E-state index contributed by atoms with van der Waals surface area (Å²) in [6.45, 7) is 3.63. The summed E-state index contributed by atoms with van der Waals surface area (Å²) in [6, 6.07) is 24.4. The number of nitrogens with two attached hydrogens (primary N) is 1. The fourth-order valence-corrected chi connectivity index (χ4v) is 7.93. The molecule has 6 rings (SSSR count). The third-order valence-corrected chi connectivity index (χ3v) is 10.7. The molecular weight excluding hydrogens is 652 g/mol. The number of aliphatic hydroxyl groups is 2. The molecule has 0 bridgehead atoms. The number of fused-ring (bicyclic) bond motifs is 1. The summed E-state index contributed by atoms with van der Waals surface area (Å²) in [5.74, 6) is 0.341. The van der Waals surface area contributed by atoms with Crippen molar-refractivity contribution in [3.05, 3.63) is 119 Å². The maximum atomic E-state index is 12.5. The van der Waals surface area contributed by atoms with Crippen LogP contribution < -0.4 is 15.8 Å². The number of hydrogen-bond donors (Lipinski definition) is 5. The molecule has 2 aliphatic heterocycles. The molecule has 0 saturated heterocycles. The lowest BCUT2D eigenvalue weighted by atomic mass is 9.70. The molecule has 0 spiro atoms. The number of aryl methyl sites for hydroxylation is 1. The first kappa shape index (κ1) is 37.5. The van der Waals surface area contributed by atoms with E-state index in [0.717, 1.165) is 67.5 Å². The first-order chi connectivity index (χ1) is 25.2. The van der Waals surface area contributed by atoms with E-state index in [9.17, 15) is 20.1 Å². The number of nitrogens with one attached hydrogen (secondary N) is 1. The normalized spacial score (nSPS) is 18.0. The lowest BCUT2D eigenvalue weighted by molar-refractivity contribution is -0.121. The molecular formula is C43H54N4O5. The smallest absolute Gasteiger partial charge is 0.163 e. The van der Waals surface area contributed by atoms with E-state index in [4.69, 9.17) is 15.5 Å². The minimum absolute atomic E-state index is 0.0266. The van der Waals surface area contributed by atoms with Crippen LogP contribution >= 0.6 is 0 Å². The third-order valence-electron chi connectivity index (χ3n) is 10.7. The van der Waals surface area contributed by atoms with Crippen LogP contribution in [0.2, 0.25) is 0 Å². The van der Waals surface area contributed by atoms with Gasteiger partial charge >= 0.3 is 0 Å². The predicted octanol–water partition coefficient (Wildman–Crippen LogP) is 6.37. The molecule has 0 radical (unpaired) electrons. The van der Waals surface area contributed by atoms with Gasteiger partial charge in [-0.1, -0.05) is 86.8 Å². The van der Waals surface area contributed by atoms with Gasteiger partial charge in [-0.05, 0) is 78.5 Å². The monoisotopic (exact) mass is 706 g/mol. The van der Waals surface area contributed by atoms with Crippen LogP contribution in [0.5, 0.6) is 11.5 Å². The van der Waals surface area contributed by atoms with Crippen molar-refractivity contribution in [2.24, 2.45) is 10.7 Å². The molecule has 3 atom stereocenters. The van der Waals surface area contributed by atoms with Gasteiger partial charge in [0, 0.05) is 42.8 Å². The fraction of sp³-hybridized carbons (Fsp3) is 0.442. The third kappa shape index (κ3) is 9.19. The topological polar surface area (TPSA) is 141 Å². The Morgan fingerprint density at radius 2 is 1.81 bits per heavy atom. The molecule has 9 nitrogen and oxygen atoms in total. The van der Waals surface area contributed by atoms with E-state index >= 15 is 0 Å². The number of nitrogens with zero attached hydrogens (tertiary/aromatic N) is 2.